The molecule has 1 aliphatic carbocycles. The zero-order valence-corrected chi connectivity index (χ0v) is 16.6. The van der Waals surface area contributed by atoms with Crippen LogP contribution in [0.2, 0.25) is 0 Å². The lowest BCUT2D eigenvalue weighted by Gasteiger charge is -2.17. The third kappa shape index (κ3) is 5.00. The van der Waals surface area contributed by atoms with Crippen LogP contribution in [0.5, 0.6) is 5.75 Å². The SMILES string of the molecule is CC(Sc1nnc(C(C)Oc2ccc(F)cc2)n1C)C(=O)NC1CCCC1. The largest absolute Gasteiger partial charge is 0.483 e. The summed E-state index contributed by atoms with van der Waals surface area (Å²) >= 11 is 1.38. The normalized spacial score (nSPS) is 16.9. The first-order chi connectivity index (χ1) is 12.9. The van der Waals surface area contributed by atoms with Crippen molar-refractivity contribution in [1.29, 1.82) is 0 Å². The molecular formula is C19H25FN4O2S. The van der Waals surface area contributed by atoms with E-state index in [1.807, 2.05) is 25.5 Å². The lowest BCUT2D eigenvalue weighted by Crippen LogP contribution is -2.37. The number of aromatic nitrogens is 3. The van der Waals surface area contributed by atoms with E-state index in [1.165, 1.54) is 36.7 Å². The third-order valence-electron chi connectivity index (χ3n) is 4.71. The molecule has 2 atom stereocenters. The highest BCUT2D eigenvalue weighted by atomic mass is 32.2. The molecule has 0 saturated heterocycles. The summed E-state index contributed by atoms with van der Waals surface area (Å²) < 4.78 is 20.7. The number of hydrogen-bond acceptors (Lipinski definition) is 5. The average molecular weight is 393 g/mol. The molecule has 146 valence electrons. The molecule has 0 radical (unpaired) electrons. The lowest BCUT2D eigenvalue weighted by molar-refractivity contribution is -0.120. The molecule has 1 amide bonds. The standard InChI is InChI=1S/C19H25FN4O2S/c1-12(26-16-10-8-14(20)9-11-16)17-22-23-19(24(17)3)27-13(2)18(25)21-15-6-4-5-7-15/h8-13,15H,4-7H2,1-3H3,(H,21,25). The van der Waals surface area contributed by atoms with Crippen molar-refractivity contribution in [2.24, 2.45) is 7.05 Å². The zero-order valence-electron chi connectivity index (χ0n) is 15.8. The van der Waals surface area contributed by atoms with E-state index in [9.17, 15) is 9.18 Å². The Bertz CT molecular complexity index is 775. The maximum atomic E-state index is 13.0. The van der Waals surface area contributed by atoms with Crippen LogP contribution in [0.15, 0.2) is 29.4 Å². The van der Waals surface area contributed by atoms with Crippen LogP contribution in [0.25, 0.3) is 0 Å². The van der Waals surface area contributed by atoms with E-state index in [0.29, 0.717) is 22.8 Å². The molecule has 1 aromatic heterocycles. The van der Waals surface area contributed by atoms with Crippen molar-refractivity contribution < 1.29 is 13.9 Å². The second-order valence-corrected chi connectivity index (χ2v) is 8.17. The van der Waals surface area contributed by atoms with Gasteiger partial charge in [-0.15, -0.1) is 10.2 Å². The number of rotatable bonds is 7. The number of amides is 1. The predicted molar refractivity (Wildman–Crippen MR) is 102 cm³/mol. The Morgan fingerprint density at radius 2 is 1.93 bits per heavy atom. The molecule has 1 aliphatic rings. The van der Waals surface area contributed by atoms with Crippen molar-refractivity contribution in [3.8, 4) is 5.75 Å². The summed E-state index contributed by atoms with van der Waals surface area (Å²) in [4.78, 5) is 12.4. The van der Waals surface area contributed by atoms with Crippen LogP contribution >= 0.6 is 11.8 Å². The third-order valence-corrected chi connectivity index (χ3v) is 5.85. The summed E-state index contributed by atoms with van der Waals surface area (Å²) in [5, 5.41) is 11.9. The monoisotopic (exact) mass is 392 g/mol. The van der Waals surface area contributed by atoms with Crippen molar-refractivity contribution >= 4 is 17.7 Å². The Labute approximate surface area is 162 Å². The van der Waals surface area contributed by atoms with Gasteiger partial charge in [0.25, 0.3) is 0 Å². The van der Waals surface area contributed by atoms with E-state index < -0.39 is 0 Å². The summed E-state index contributed by atoms with van der Waals surface area (Å²) in [6, 6.07) is 6.16. The van der Waals surface area contributed by atoms with E-state index in [-0.39, 0.29) is 23.1 Å². The number of nitrogens with zero attached hydrogens (tertiary/aromatic N) is 3. The van der Waals surface area contributed by atoms with E-state index in [0.717, 1.165) is 12.8 Å². The van der Waals surface area contributed by atoms with Crippen molar-refractivity contribution in [2.75, 3.05) is 0 Å². The maximum absolute atomic E-state index is 13.0. The van der Waals surface area contributed by atoms with Gasteiger partial charge in [0.1, 0.15) is 11.6 Å². The summed E-state index contributed by atoms with van der Waals surface area (Å²) in [5.41, 5.74) is 0. The van der Waals surface area contributed by atoms with Gasteiger partial charge in [-0.1, -0.05) is 24.6 Å². The minimum absolute atomic E-state index is 0.0343. The van der Waals surface area contributed by atoms with Gasteiger partial charge in [-0.3, -0.25) is 4.79 Å². The summed E-state index contributed by atoms with van der Waals surface area (Å²) in [7, 11) is 1.85. The van der Waals surface area contributed by atoms with Gasteiger partial charge in [-0.25, -0.2) is 4.39 Å². The number of halogens is 1. The van der Waals surface area contributed by atoms with E-state index in [1.54, 1.807) is 12.1 Å². The summed E-state index contributed by atoms with van der Waals surface area (Å²) in [6.45, 7) is 3.74. The van der Waals surface area contributed by atoms with Gasteiger partial charge in [0.2, 0.25) is 5.91 Å². The quantitative estimate of drug-likeness (QED) is 0.729. The molecule has 2 aromatic rings. The number of carbonyl (C=O) groups is 1. The summed E-state index contributed by atoms with van der Waals surface area (Å²) in [6.07, 6.45) is 4.14. The highest BCUT2D eigenvalue weighted by Crippen LogP contribution is 2.26. The molecule has 0 aliphatic heterocycles. The first kappa shape index (κ1) is 19.7. The zero-order chi connectivity index (χ0) is 19.4. The summed E-state index contributed by atoms with van der Waals surface area (Å²) in [5.74, 6) is 0.930. The lowest BCUT2D eigenvalue weighted by atomic mass is 10.2. The topological polar surface area (TPSA) is 69.0 Å². The fourth-order valence-corrected chi connectivity index (χ4v) is 3.98. The van der Waals surface area contributed by atoms with Gasteiger partial charge in [-0.05, 0) is 51.0 Å². The predicted octanol–water partition coefficient (Wildman–Crippen LogP) is 3.63. The Hall–Kier alpha value is -2.09. The number of benzene rings is 1. The van der Waals surface area contributed by atoms with Gasteiger partial charge >= 0.3 is 0 Å². The van der Waals surface area contributed by atoms with E-state index in [4.69, 9.17) is 4.74 Å². The van der Waals surface area contributed by atoms with E-state index in [2.05, 4.69) is 15.5 Å². The minimum atomic E-state index is -0.357. The van der Waals surface area contributed by atoms with Crippen LogP contribution < -0.4 is 10.1 Å². The molecule has 6 nitrogen and oxygen atoms in total. The molecule has 0 bridgehead atoms. The molecule has 8 heteroatoms. The van der Waals surface area contributed by atoms with Crippen LogP contribution in [0.3, 0.4) is 0 Å². The smallest absolute Gasteiger partial charge is 0.233 e. The molecule has 1 fully saturated rings. The van der Waals surface area contributed by atoms with Crippen LogP contribution in [0.1, 0.15) is 51.5 Å². The molecule has 27 heavy (non-hydrogen) atoms. The Morgan fingerprint density at radius 3 is 2.59 bits per heavy atom. The minimum Gasteiger partial charge on any atom is -0.483 e. The molecule has 1 heterocycles. The highest BCUT2D eigenvalue weighted by molar-refractivity contribution is 8.00. The first-order valence-corrected chi connectivity index (χ1v) is 10.1. The van der Waals surface area contributed by atoms with Crippen molar-refractivity contribution in [3.05, 3.63) is 35.9 Å². The number of carbonyl (C=O) groups excluding carboxylic acids is 1. The van der Waals surface area contributed by atoms with Gasteiger partial charge in [-0.2, -0.15) is 0 Å². The molecule has 0 spiro atoms. The number of nitrogens with one attached hydrogen (secondary N) is 1. The molecule has 1 saturated carbocycles. The highest BCUT2D eigenvalue weighted by Gasteiger charge is 2.24. The molecule has 2 unspecified atom stereocenters. The van der Waals surface area contributed by atoms with Gasteiger partial charge in [0.05, 0.1) is 5.25 Å². The second kappa shape index (κ2) is 8.73. The number of hydrogen-bond donors (Lipinski definition) is 1. The van der Waals surface area contributed by atoms with Crippen molar-refractivity contribution in [2.45, 2.75) is 62.1 Å². The molecule has 3 rings (SSSR count). The van der Waals surface area contributed by atoms with Crippen LogP contribution in [0.4, 0.5) is 4.39 Å². The van der Waals surface area contributed by atoms with E-state index >= 15 is 0 Å². The Kier molecular flexibility index (Phi) is 6.36. The number of thioether (sulfide) groups is 1. The average Bonchev–Trinajstić information content (AvgIpc) is 3.27. The Morgan fingerprint density at radius 1 is 1.26 bits per heavy atom. The number of ether oxygens (including phenoxy) is 1. The maximum Gasteiger partial charge on any atom is 0.233 e. The van der Waals surface area contributed by atoms with Gasteiger partial charge in [0, 0.05) is 13.1 Å². The van der Waals surface area contributed by atoms with Gasteiger partial charge in [0.15, 0.2) is 17.1 Å². The Balaban J connectivity index is 1.60. The second-order valence-electron chi connectivity index (χ2n) is 6.86. The van der Waals surface area contributed by atoms with Gasteiger partial charge < -0.3 is 14.6 Å². The fraction of sp³-hybridized carbons (Fsp3) is 0.526. The van der Waals surface area contributed by atoms with Crippen molar-refractivity contribution in [1.82, 2.24) is 20.1 Å². The van der Waals surface area contributed by atoms with Crippen LogP contribution in [0, 0.1) is 5.82 Å². The first-order valence-electron chi connectivity index (χ1n) is 9.22. The van der Waals surface area contributed by atoms with Crippen LogP contribution in [-0.4, -0.2) is 32.0 Å². The van der Waals surface area contributed by atoms with Crippen LogP contribution in [-0.2, 0) is 11.8 Å². The van der Waals surface area contributed by atoms with Crippen molar-refractivity contribution in [3.63, 3.8) is 0 Å². The molecule has 1 N–H and O–H groups in total. The molecule has 1 aromatic carbocycles. The fourth-order valence-electron chi connectivity index (χ4n) is 3.15. The molecular weight excluding hydrogens is 367 g/mol.